The summed E-state index contributed by atoms with van der Waals surface area (Å²) >= 11 is 0. The molecule has 0 bridgehead atoms. The summed E-state index contributed by atoms with van der Waals surface area (Å²) in [5, 5.41) is 11.6. The Labute approximate surface area is 179 Å². The highest BCUT2D eigenvalue weighted by Gasteiger charge is 2.40. The number of likely N-dealkylation sites (tertiary alicyclic amines) is 1. The van der Waals surface area contributed by atoms with Crippen molar-refractivity contribution in [1.82, 2.24) is 4.90 Å². The van der Waals surface area contributed by atoms with E-state index in [9.17, 15) is 24.2 Å². The summed E-state index contributed by atoms with van der Waals surface area (Å²) in [5.74, 6) is -1.17. The molecule has 0 aromatic heterocycles. The number of rotatable bonds is 9. The van der Waals surface area contributed by atoms with Crippen LogP contribution in [0.4, 0.5) is 0 Å². The summed E-state index contributed by atoms with van der Waals surface area (Å²) < 4.78 is 12.6. The molecule has 0 spiro atoms. The molecule has 3 rings (SSSR count). The normalized spacial score (nSPS) is 24.5. The minimum Gasteiger partial charge on any atom is -0.548 e. The van der Waals surface area contributed by atoms with Gasteiger partial charge in [-0.25, -0.2) is 0 Å². The molecule has 2 aliphatic rings. The van der Waals surface area contributed by atoms with Gasteiger partial charge in [-0.2, -0.15) is 0 Å². The third-order valence-corrected chi connectivity index (χ3v) is 8.47. The van der Waals surface area contributed by atoms with E-state index in [-0.39, 0.29) is 12.1 Å². The molecule has 1 aliphatic carbocycles. The molecule has 0 radical (unpaired) electrons. The first-order valence-electron chi connectivity index (χ1n) is 11.2. The maximum Gasteiger partial charge on any atom is 0.232 e. The first-order chi connectivity index (χ1) is 14.4. The van der Waals surface area contributed by atoms with Crippen molar-refractivity contribution < 1.29 is 24.2 Å². The molecule has 1 heterocycles. The van der Waals surface area contributed by atoms with E-state index in [1.807, 2.05) is 30.3 Å². The van der Waals surface area contributed by atoms with Gasteiger partial charge in [-0.15, -0.1) is 0 Å². The van der Waals surface area contributed by atoms with Gasteiger partial charge in [0.05, 0.1) is 12.0 Å². The molecule has 1 aromatic rings. The van der Waals surface area contributed by atoms with Crippen molar-refractivity contribution >= 4 is 19.2 Å². The van der Waals surface area contributed by atoms with E-state index in [0.29, 0.717) is 25.3 Å². The Morgan fingerprint density at radius 2 is 1.77 bits per heavy atom. The molecular formula is C23H33NO5P-. The molecule has 2 fully saturated rings. The van der Waals surface area contributed by atoms with E-state index in [1.165, 1.54) is 16.9 Å². The van der Waals surface area contributed by atoms with Crippen LogP contribution >= 0.6 is 7.37 Å². The second-order valence-electron chi connectivity index (χ2n) is 8.95. The van der Waals surface area contributed by atoms with Crippen molar-refractivity contribution in [3.05, 3.63) is 35.9 Å². The summed E-state index contributed by atoms with van der Waals surface area (Å²) in [6.45, 7) is 0.371. The number of carbonyl (C=O) groups excluding carboxylic acids is 2. The lowest BCUT2D eigenvalue weighted by atomic mass is 9.79. The number of unbranched alkanes of at least 4 members (excludes halogenated alkanes) is 1. The molecular weight excluding hydrogens is 401 g/mol. The fraction of sp³-hybridized carbons (Fsp3) is 0.652. The van der Waals surface area contributed by atoms with E-state index in [1.54, 1.807) is 0 Å². The maximum absolute atomic E-state index is 12.8. The summed E-state index contributed by atoms with van der Waals surface area (Å²) in [6, 6.07) is 8.97. The lowest BCUT2D eigenvalue weighted by Crippen LogP contribution is -2.47. The Morgan fingerprint density at radius 3 is 2.43 bits per heavy atom. The third kappa shape index (κ3) is 6.42. The van der Waals surface area contributed by atoms with Crippen molar-refractivity contribution in [2.75, 3.05) is 18.9 Å². The van der Waals surface area contributed by atoms with Crippen LogP contribution in [-0.4, -0.2) is 46.6 Å². The van der Waals surface area contributed by atoms with Crippen LogP contribution in [0.2, 0.25) is 0 Å². The zero-order valence-corrected chi connectivity index (χ0v) is 18.5. The van der Waals surface area contributed by atoms with E-state index >= 15 is 0 Å². The van der Waals surface area contributed by atoms with Crippen molar-refractivity contribution in [1.29, 1.82) is 0 Å². The minimum absolute atomic E-state index is 0.0848. The first-order valence-corrected chi connectivity index (χ1v) is 13.2. The Kier molecular flexibility index (Phi) is 8.13. The van der Waals surface area contributed by atoms with Crippen molar-refractivity contribution in [3.8, 4) is 0 Å². The van der Waals surface area contributed by atoms with Gasteiger partial charge in [-0.05, 0) is 43.1 Å². The van der Waals surface area contributed by atoms with E-state index < -0.39 is 31.4 Å². The van der Waals surface area contributed by atoms with Gasteiger partial charge >= 0.3 is 0 Å². The highest BCUT2D eigenvalue weighted by molar-refractivity contribution is 7.58. The average Bonchev–Trinajstić information content (AvgIpc) is 3.19. The molecule has 1 aromatic carbocycles. The quantitative estimate of drug-likeness (QED) is 0.476. The molecule has 6 nitrogen and oxygen atoms in total. The van der Waals surface area contributed by atoms with E-state index in [4.69, 9.17) is 0 Å². The Hall–Kier alpha value is -1.65. The fourth-order valence-corrected chi connectivity index (χ4v) is 6.51. The van der Waals surface area contributed by atoms with Gasteiger partial charge in [0.2, 0.25) is 13.3 Å². The van der Waals surface area contributed by atoms with Crippen LogP contribution in [0.5, 0.6) is 0 Å². The Bertz CT molecular complexity index is 762. The predicted octanol–water partition coefficient (Wildman–Crippen LogP) is 2.83. The van der Waals surface area contributed by atoms with Crippen LogP contribution in [-0.2, 0) is 20.6 Å². The van der Waals surface area contributed by atoms with Crippen molar-refractivity contribution in [3.63, 3.8) is 0 Å². The lowest BCUT2D eigenvalue weighted by Gasteiger charge is -2.28. The number of aryl methyl sites for hydroxylation is 1. The number of carboxylic acid groups (broad SMARTS) is 1. The second kappa shape index (κ2) is 10.6. The average molecular weight is 434 g/mol. The standard InChI is InChI=1S/C23H34NO5P/c25-22(17-30(28,29)14-8-7-11-18-9-3-1-4-10-18)24-16-20(15-21(24)23(26)27)19-12-5-2-6-13-19/h1,3-4,9-10,19-21H,2,5-8,11-17H2,(H,26,27)(H,28,29)/p-1. The summed E-state index contributed by atoms with van der Waals surface area (Å²) in [6.07, 6.45) is 7.86. The van der Waals surface area contributed by atoms with Gasteiger partial charge in [-0.1, -0.05) is 62.4 Å². The molecule has 1 amide bonds. The van der Waals surface area contributed by atoms with Gasteiger partial charge < -0.3 is 19.7 Å². The van der Waals surface area contributed by atoms with Crippen LogP contribution < -0.4 is 5.11 Å². The lowest BCUT2D eigenvalue weighted by molar-refractivity contribution is -0.310. The summed E-state index contributed by atoms with van der Waals surface area (Å²) in [4.78, 5) is 36.0. The number of aliphatic carboxylic acids is 1. The monoisotopic (exact) mass is 434 g/mol. The largest absolute Gasteiger partial charge is 0.548 e. The van der Waals surface area contributed by atoms with Crippen LogP contribution in [0.25, 0.3) is 0 Å². The van der Waals surface area contributed by atoms with Crippen molar-refractivity contribution in [2.45, 2.75) is 63.8 Å². The topological polar surface area (TPSA) is 97.7 Å². The highest BCUT2D eigenvalue weighted by atomic mass is 31.2. The molecule has 1 N–H and O–H groups in total. The zero-order valence-electron chi connectivity index (χ0n) is 17.6. The third-order valence-electron chi connectivity index (χ3n) is 6.69. The van der Waals surface area contributed by atoms with Crippen molar-refractivity contribution in [2.24, 2.45) is 11.8 Å². The number of nitrogens with zero attached hydrogens (tertiary/aromatic N) is 1. The van der Waals surface area contributed by atoms with Crippen LogP contribution in [0.3, 0.4) is 0 Å². The van der Waals surface area contributed by atoms with Gasteiger partial charge in [0.1, 0.15) is 6.16 Å². The molecule has 3 unspecified atom stereocenters. The van der Waals surface area contributed by atoms with Crippen LogP contribution in [0.15, 0.2) is 30.3 Å². The van der Waals surface area contributed by atoms with E-state index in [2.05, 4.69) is 0 Å². The van der Waals surface area contributed by atoms with Gasteiger partial charge in [0.25, 0.3) is 0 Å². The smallest absolute Gasteiger partial charge is 0.232 e. The maximum atomic E-state index is 12.8. The Balaban J connectivity index is 1.50. The van der Waals surface area contributed by atoms with Gasteiger partial charge in [0, 0.05) is 12.7 Å². The number of carboxylic acids is 1. The van der Waals surface area contributed by atoms with Crippen LogP contribution in [0, 0.1) is 11.8 Å². The van der Waals surface area contributed by atoms with Crippen LogP contribution in [0.1, 0.15) is 56.9 Å². The van der Waals surface area contributed by atoms with E-state index in [0.717, 1.165) is 38.5 Å². The molecule has 3 atom stereocenters. The number of hydrogen-bond acceptors (Lipinski definition) is 4. The highest BCUT2D eigenvalue weighted by Crippen LogP contribution is 2.43. The molecule has 7 heteroatoms. The summed E-state index contributed by atoms with van der Waals surface area (Å²) in [5.41, 5.74) is 1.18. The summed E-state index contributed by atoms with van der Waals surface area (Å²) in [7, 11) is -3.64. The molecule has 1 saturated carbocycles. The number of amides is 1. The molecule has 30 heavy (non-hydrogen) atoms. The minimum atomic E-state index is -3.64. The molecule has 1 saturated heterocycles. The predicted molar refractivity (Wildman–Crippen MR) is 114 cm³/mol. The van der Waals surface area contributed by atoms with Gasteiger partial charge in [-0.3, -0.25) is 9.36 Å². The fourth-order valence-electron chi connectivity index (χ4n) is 5.03. The second-order valence-corrected chi connectivity index (χ2v) is 11.4. The SMILES string of the molecule is O=C([O-])C1CC(C2CCCCC2)CN1C(=O)CP(=O)(O)CCCCc1ccccc1. The number of carbonyl (C=O) groups is 2. The Morgan fingerprint density at radius 1 is 1.07 bits per heavy atom. The number of hydrogen-bond donors (Lipinski definition) is 1. The molecule has 166 valence electrons. The first kappa shape index (κ1) is 23.0. The number of benzene rings is 1. The molecule has 1 aliphatic heterocycles. The van der Waals surface area contributed by atoms with Gasteiger partial charge in [0.15, 0.2) is 0 Å². The zero-order chi connectivity index (χ0) is 21.6.